The first-order valence-electron chi connectivity index (χ1n) is 13.7. The number of likely N-dealkylation sites (tertiary alicyclic amines) is 1. The summed E-state index contributed by atoms with van der Waals surface area (Å²) in [5, 5.41) is 6.04. The van der Waals surface area contributed by atoms with E-state index in [1.54, 1.807) is 4.90 Å². The molecule has 3 heterocycles. The topological polar surface area (TPSA) is 101 Å². The summed E-state index contributed by atoms with van der Waals surface area (Å²) in [6.45, 7) is 8.15. The molecule has 1 aliphatic carbocycles. The van der Waals surface area contributed by atoms with Crippen molar-refractivity contribution in [1.29, 1.82) is 0 Å². The number of rotatable bonds is 9. The van der Waals surface area contributed by atoms with Gasteiger partial charge in [-0.05, 0) is 77.7 Å². The molecule has 0 saturated carbocycles. The summed E-state index contributed by atoms with van der Waals surface area (Å²) in [6, 6.07) is 0. The van der Waals surface area contributed by atoms with Crippen LogP contribution in [0.25, 0.3) is 6.08 Å². The highest BCUT2D eigenvalue weighted by Crippen LogP contribution is 2.36. The lowest BCUT2D eigenvalue weighted by molar-refractivity contribution is -0.120. The van der Waals surface area contributed by atoms with Crippen molar-refractivity contribution in [3.63, 3.8) is 0 Å². The molecule has 0 bridgehead atoms. The first kappa shape index (κ1) is 27.9. The highest BCUT2D eigenvalue weighted by Gasteiger charge is 2.35. The lowest BCUT2D eigenvalue weighted by Gasteiger charge is -2.26. The fourth-order valence-corrected chi connectivity index (χ4v) is 5.45. The largest absolute Gasteiger partial charge is 0.358 e. The van der Waals surface area contributed by atoms with E-state index in [-0.39, 0.29) is 23.6 Å². The first-order chi connectivity index (χ1) is 18.1. The van der Waals surface area contributed by atoms with Gasteiger partial charge in [-0.1, -0.05) is 6.42 Å². The van der Waals surface area contributed by atoms with E-state index in [4.69, 9.17) is 0 Å². The molecule has 3 amide bonds. The summed E-state index contributed by atoms with van der Waals surface area (Å²) >= 11 is 0. The van der Waals surface area contributed by atoms with Crippen LogP contribution in [0.15, 0.2) is 29.1 Å². The average molecular weight is 523 g/mol. The number of hydrogen-bond acceptors (Lipinski definition) is 5. The number of likely N-dealkylation sites (N-methyl/N-ethyl adjacent to an activating group) is 2. The van der Waals surface area contributed by atoms with Crippen LogP contribution in [-0.2, 0) is 9.59 Å². The zero-order valence-electron chi connectivity index (χ0n) is 23.4. The van der Waals surface area contributed by atoms with Gasteiger partial charge in [-0.15, -0.1) is 0 Å². The predicted octanol–water partition coefficient (Wildman–Crippen LogP) is 2.56. The lowest BCUT2D eigenvalue weighted by Crippen LogP contribution is -2.34. The Hall–Kier alpha value is -3.17. The van der Waals surface area contributed by atoms with E-state index >= 15 is 0 Å². The molecule has 0 spiro atoms. The molecule has 38 heavy (non-hydrogen) atoms. The van der Waals surface area contributed by atoms with Gasteiger partial charge < -0.3 is 30.3 Å². The Balaban J connectivity index is 1.44. The van der Waals surface area contributed by atoms with Gasteiger partial charge in [0.2, 0.25) is 5.91 Å². The molecule has 3 N–H and O–H groups in total. The number of carbonyl (C=O) groups excluding carboxylic acids is 3. The second-order valence-corrected chi connectivity index (χ2v) is 11.0. The summed E-state index contributed by atoms with van der Waals surface area (Å²) < 4.78 is 0. The Labute approximate surface area is 226 Å². The molecule has 9 nitrogen and oxygen atoms in total. The van der Waals surface area contributed by atoms with E-state index in [0.717, 1.165) is 54.5 Å². The molecule has 2 saturated heterocycles. The third-order valence-corrected chi connectivity index (χ3v) is 7.78. The van der Waals surface area contributed by atoms with Gasteiger partial charge in [0.15, 0.2) is 0 Å². The quantitative estimate of drug-likeness (QED) is 0.433. The van der Waals surface area contributed by atoms with E-state index in [1.807, 2.05) is 58.1 Å². The van der Waals surface area contributed by atoms with E-state index in [9.17, 15) is 14.4 Å². The number of nitrogens with zero attached hydrogens (tertiary/aromatic N) is 3. The smallest absolute Gasteiger partial charge is 0.255 e. The molecular formula is C29H42N6O3. The Morgan fingerprint density at radius 1 is 1.11 bits per heavy atom. The third kappa shape index (κ3) is 6.45. The second kappa shape index (κ2) is 12.1. The van der Waals surface area contributed by atoms with Crippen molar-refractivity contribution in [3.8, 4) is 0 Å². The number of aromatic amines is 1. The van der Waals surface area contributed by atoms with Crippen molar-refractivity contribution >= 4 is 23.8 Å². The van der Waals surface area contributed by atoms with Crippen LogP contribution in [0.5, 0.6) is 0 Å². The number of aryl methyl sites for hydroxylation is 1. The molecule has 4 rings (SSSR count). The molecule has 2 fully saturated rings. The zero-order valence-corrected chi connectivity index (χ0v) is 23.4. The van der Waals surface area contributed by atoms with Crippen LogP contribution in [-0.4, -0.2) is 91.3 Å². The maximum Gasteiger partial charge on any atom is 0.255 e. The molecule has 1 aromatic heterocycles. The van der Waals surface area contributed by atoms with Gasteiger partial charge in [-0.2, -0.15) is 0 Å². The standard InChI is InChI=1S/C29H42N6O3/c1-19-25(30-20(2)27(19)29(38)34(5)16-15-33(3)4)18-23-22-17-21(9-10-24(22)32-28(23)37)31-26(36)11-14-35-12-7-6-8-13-35/h9-10,18,22,30H,6-8,11-17H2,1-5H3,(H,31,36)(H,32,37). The van der Waals surface area contributed by atoms with Crippen LogP contribution in [0.1, 0.15) is 59.4 Å². The number of piperidine rings is 1. The number of allylic oxidation sites excluding steroid dienone is 4. The third-order valence-electron chi connectivity index (χ3n) is 7.78. The molecule has 1 unspecified atom stereocenters. The molecule has 2 aliphatic heterocycles. The SMILES string of the molecule is Cc1[nH]c(C=C2C(=O)NC3=CC=C(NC(=O)CCN4CCCCC4)CC32)c(C)c1C(=O)N(C)CCN(C)C. The van der Waals surface area contributed by atoms with E-state index in [2.05, 4.69) is 20.5 Å². The fourth-order valence-electron chi connectivity index (χ4n) is 5.45. The van der Waals surface area contributed by atoms with Gasteiger partial charge in [-0.25, -0.2) is 0 Å². The Kier molecular flexibility index (Phi) is 8.89. The maximum absolute atomic E-state index is 13.2. The normalized spacial score (nSPS) is 20.7. The van der Waals surface area contributed by atoms with Crippen LogP contribution in [0.4, 0.5) is 0 Å². The maximum atomic E-state index is 13.2. The van der Waals surface area contributed by atoms with E-state index < -0.39 is 0 Å². The summed E-state index contributed by atoms with van der Waals surface area (Å²) in [7, 11) is 5.78. The van der Waals surface area contributed by atoms with Gasteiger partial charge in [0.05, 0.1) is 5.56 Å². The van der Waals surface area contributed by atoms with Crippen molar-refractivity contribution in [2.24, 2.45) is 5.92 Å². The molecular weight excluding hydrogens is 480 g/mol. The van der Waals surface area contributed by atoms with Crippen LogP contribution < -0.4 is 10.6 Å². The minimum atomic E-state index is -0.158. The molecule has 0 aromatic carbocycles. The van der Waals surface area contributed by atoms with Gasteiger partial charge in [0.25, 0.3) is 11.8 Å². The Bertz CT molecular complexity index is 1170. The highest BCUT2D eigenvalue weighted by atomic mass is 16.2. The van der Waals surface area contributed by atoms with Crippen molar-refractivity contribution in [2.45, 2.75) is 46.0 Å². The number of fused-ring (bicyclic) bond motifs is 1. The molecule has 3 aliphatic rings. The number of carbonyl (C=O) groups is 3. The monoisotopic (exact) mass is 522 g/mol. The zero-order chi connectivity index (χ0) is 27.4. The first-order valence-corrected chi connectivity index (χ1v) is 13.7. The van der Waals surface area contributed by atoms with Gasteiger partial charge in [0.1, 0.15) is 0 Å². The Morgan fingerprint density at radius 3 is 2.55 bits per heavy atom. The summed E-state index contributed by atoms with van der Waals surface area (Å²) in [5.74, 6) is -0.321. The summed E-state index contributed by atoms with van der Waals surface area (Å²) in [6.07, 6.45) is 10.3. The van der Waals surface area contributed by atoms with Crippen molar-refractivity contribution in [1.82, 2.24) is 30.3 Å². The number of H-pyrrole nitrogens is 1. The number of aromatic nitrogens is 1. The van der Waals surface area contributed by atoms with Crippen molar-refractivity contribution < 1.29 is 14.4 Å². The molecule has 1 aromatic rings. The minimum Gasteiger partial charge on any atom is -0.358 e. The second-order valence-electron chi connectivity index (χ2n) is 11.0. The lowest BCUT2D eigenvalue weighted by atomic mass is 9.89. The van der Waals surface area contributed by atoms with Crippen LogP contribution in [0.3, 0.4) is 0 Å². The minimum absolute atomic E-state index is 0.0128. The molecule has 9 heteroatoms. The van der Waals surface area contributed by atoms with E-state index in [1.165, 1.54) is 19.3 Å². The molecule has 1 atom stereocenters. The predicted molar refractivity (Wildman–Crippen MR) is 149 cm³/mol. The fraction of sp³-hybridized carbons (Fsp3) is 0.552. The van der Waals surface area contributed by atoms with Crippen molar-refractivity contribution in [2.75, 3.05) is 53.9 Å². The van der Waals surface area contributed by atoms with Crippen LogP contribution >= 0.6 is 0 Å². The van der Waals surface area contributed by atoms with Gasteiger partial charge in [0, 0.05) is 73.8 Å². The summed E-state index contributed by atoms with van der Waals surface area (Å²) in [4.78, 5) is 48.2. The van der Waals surface area contributed by atoms with Crippen LogP contribution in [0, 0.1) is 19.8 Å². The number of hydrogen-bond donors (Lipinski definition) is 3. The average Bonchev–Trinajstić information content (AvgIpc) is 3.35. The van der Waals surface area contributed by atoms with Gasteiger partial charge >= 0.3 is 0 Å². The Morgan fingerprint density at radius 2 is 1.84 bits per heavy atom. The van der Waals surface area contributed by atoms with Crippen molar-refractivity contribution in [3.05, 3.63) is 51.6 Å². The number of amides is 3. The highest BCUT2D eigenvalue weighted by molar-refractivity contribution is 6.04. The van der Waals surface area contributed by atoms with E-state index in [0.29, 0.717) is 30.5 Å². The number of nitrogens with one attached hydrogen (secondary N) is 3. The van der Waals surface area contributed by atoms with Gasteiger partial charge in [-0.3, -0.25) is 14.4 Å². The molecule has 0 radical (unpaired) electrons. The summed E-state index contributed by atoms with van der Waals surface area (Å²) in [5.41, 5.74) is 5.33. The molecule has 206 valence electrons. The van der Waals surface area contributed by atoms with Crippen LogP contribution in [0.2, 0.25) is 0 Å².